The fraction of sp³-hybridized carbons (Fsp3) is 0.429. The molecule has 3 rings (SSSR count). The van der Waals surface area contributed by atoms with Gasteiger partial charge in [0.2, 0.25) is 5.95 Å². The maximum absolute atomic E-state index is 6.01. The number of nitrogens with zero attached hydrogens (tertiary/aromatic N) is 3. The number of nitrogen functional groups attached to an aromatic ring is 1. The maximum atomic E-state index is 6.01. The van der Waals surface area contributed by atoms with Crippen LogP contribution in [0.3, 0.4) is 0 Å². The van der Waals surface area contributed by atoms with E-state index in [9.17, 15) is 0 Å². The van der Waals surface area contributed by atoms with E-state index in [4.69, 9.17) is 19.9 Å². The lowest BCUT2D eigenvalue weighted by Gasteiger charge is -2.17. The summed E-state index contributed by atoms with van der Waals surface area (Å²) in [5.41, 5.74) is 6.70. The largest absolute Gasteiger partial charge is 0.494 e. The van der Waals surface area contributed by atoms with E-state index in [1.807, 2.05) is 18.2 Å². The Morgan fingerprint density at radius 1 is 1.24 bits per heavy atom. The molecule has 7 heteroatoms. The van der Waals surface area contributed by atoms with Gasteiger partial charge in [-0.15, -0.1) is 10.2 Å². The van der Waals surface area contributed by atoms with Crippen LogP contribution in [-0.4, -0.2) is 35.6 Å². The van der Waals surface area contributed by atoms with Gasteiger partial charge in [0.05, 0.1) is 14.2 Å². The standard InChI is InChI=1S/C14H18N4O3/c1-19-9-5-3-6-10(20-2)12(9)18-13(16-17-14(18)15)11-7-4-8-21-11/h3,5-6,11H,4,7-8H2,1-2H3,(H2,15,17). The molecule has 0 bridgehead atoms. The van der Waals surface area contributed by atoms with Crippen molar-refractivity contribution in [3.8, 4) is 17.2 Å². The maximum Gasteiger partial charge on any atom is 0.226 e. The Morgan fingerprint density at radius 2 is 1.95 bits per heavy atom. The van der Waals surface area contributed by atoms with E-state index in [1.54, 1.807) is 18.8 Å². The van der Waals surface area contributed by atoms with Crippen LogP contribution in [0.15, 0.2) is 18.2 Å². The molecular weight excluding hydrogens is 272 g/mol. The predicted molar refractivity (Wildman–Crippen MR) is 76.8 cm³/mol. The molecule has 7 nitrogen and oxygen atoms in total. The number of hydrogen-bond donors (Lipinski definition) is 1. The third-order valence-corrected chi connectivity index (χ3v) is 3.56. The quantitative estimate of drug-likeness (QED) is 0.923. The first kappa shape index (κ1) is 13.7. The van der Waals surface area contributed by atoms with Gasteiger partial charge in [-0.3, -0.25) is 4.57 Å². The second kappa shape index (κ2) is 5.61. The first-order valence-corrected chi connectivity index (χ1v) is 6.80. The topological polar surface area (TPSA) is 84.4 Å². The minimum Gasteiger partial charge on any atom is -0.494 e. The lowest BCUT2D eigenvalue weighted by atomic mass is 10.2. The summed E-state index contributed by atoms with van der Waals surface area (Å²) in [5.74, 6) is 2.23. The van der Waals surface area contributed by atoms with E-state index < -0.39 is 0 Å². The smallest absolute Gasteiger partial charge is 0.226 e. The molecule has 1 atom stereocenters. The summed E-state index contributed by atoms with van der Waals surface area (Å²) in [6.07, 6.45) is 1.79. The molecule has 21 heavy (non-hydrogen) atoms. The Labute approximate surface area is 122 Å². The highest BCUT2D eigenvalue weighted by molar-refractivity contribution is 5.60. The molecule has 112 valence electrons. The number of rotatable bonds is 4. The van der Waals surface area contributed by atoms with Gasteiger partial charge in [-0.05, 0) is 25.0 Å². The van der Waals surface area contributed by atoms with Crippen molar-refractivity contribution in [2.45, 2.75) is 18.9 Å². The van der Waals surface area contributed by atoms with Gasteiger partial charge < -0.3 is 19.9 Å². The number of ether oxygens (including phenoxy) is 3. The summed E-state index contributed by atoms with van der Waals surface area (Å²) in [7, 11) is 3.20. The van der Waals surface area contributed by atoms with Crippen LogP contribution in [0.4, 0.5) is 5.95 Å². The normalized spacial score (nSPS) is 17.9. The van der Waals surface area contributed by atoms with E-state index in [0.29, 0.717) is 23.0 Å². The lowest BCUT2D eigenvalue weighted by Crippen LogP contribution is -2.11. The van der Waals surface area contributed by atoms with Crippen molar-refractivity contribution in [1.29, 1.82) is 0 Å². The Kier molecular flexibility index (Phi) is 3.66. The van der Waals surface area contributed by atoms with Crippen molar-refractivity contribution >= 4 is 5.95 Å². The van der Waals surface area contributed by atoms with E-state index in [-0.39, 0.29) is 12.1 Å². The van der Waals surface area contributed by atoms with Crippen LogP contribution < -0.4 is 15.2 Å². The number of hydrogen-bond acceptors (Lipinski definition) is 6. The highest BCUT2D eigenvalue weighted by Gasteiger charge is 2.28. The molecule has 2 N–H and O–H groups in total. The third kappa shape index (κ3) is 2.29. The Bertz CT molecular complexity index is 613. The average molecular weight is 290 g/mol. The van der Waals surface area contributed by atoms with E-state index in [2.05, 4.69) is 10.2 Å². The SMILES string of the molecule is COc1cccc(OC)c1-n1c(N)nnc1C1CCCO1. The molecule has 1 aliphatic rings. The van der Waals surface area contributed by atoms with E-state index in [1.165, 1.54) is 0 Å². The number of nitrogens with two attached hydrogens (primary N) is 1. The van der Waals surface area contributed by atoms with Gasteiger partial charge in [0.15, 0.2) is 5.82 Å². The fourth-order valence-corrected chi connectivity index (χ4v) is 2.58. The zero-order valence-corrected chi connectivity index (χ0v) is 12.1. The first-order valence-electron chi connectivity index (χ1n) is 6.80. The molecule has 1 saturated heterocycles. The Hall–Kier alpha value is -2.28. The number of benzene rings is 1. The highest BCUT2D eigenvalue weighted by atomic mass is 16.5. The van der Waals surface area contributed by atoms with Gasteiger partial charge in [-0.1, -0.05) is 6.07 Å². The Balaban J connectivity index is 2.18. The zero-order valence-electron chi connectivity index (χ0n) is 12.1. The third-order valence-electron chi connectivity index (χ3n) is 3.56. The van der Waals surface area contributed by atoms with Crippen LogP contribution >= 0.6 is 0 Å². The van der Waals surface area contributed by atoms with E-state index >= 15 is 0 Å². The van der Waals surface area contributed by atoms with Crippen LogP contribution in [0.5, 0.6) is 11.5 Å². The van der Waals surface area contributed by atoms with Crippen LogP contribution in [0.2, 0.25) is 0 Å². The summed E-state index contributed by atoms with van der Waals surface area (Å²) in [5, 5.41) is 8.16. The van der Waals surface area contributed by atoms with Crippen molar-refractivity contribution in [3.63, 3.8) is 0 Å². The van der Waals surface area contributed by atoms with Crippen LogP contribution in [0.1, 0.15) is 24.8 Å². The summed E-state index contributed by atoms with van der Waals surface area (Å²) in [6, 6.07) is 5.54. The van der Waals surface area contributed by atoms with Crippen molar-refractivity contribution < 1.29 is 14.2 Å². The van der Waals surface area contributed by atoms with Gasteiger partial charge in [-0.25, -0.2) is 0 Å². The van der Waals surface area contributed by atoms with Gasteiger partial charge >= 0.3 is 0 Å². The Morgan fingerprint density at radius 3 is 2.52 bits per heavy atom. The fourth-order valence-electron chi connectivity index (χ4n) is 2.58. The molecule has 0 amide bonds. The van der Waals surface area contributed by atoms with Crippen LogP contribution in [0, 0.1) is 0 Å². The molecule has 1 aromatic carbocycles. The second-order valence-corrected chi connectivity index (χ2v) is 4.76. The molecule has 0 saturated carbocycles. The number of para-hydroxylation sites is 1. The molecule has 1 unspecified atom stereocenters. The highest BCUT2D eigenvalue weighted by Crippen LogP contribution is 2.37. The van der Waals surface area contributed by atoms with Crippen molar-refractivity contribution in [3.05, 3.63) is 24.0 Å². The first-order chi connectivity index (χ1) is 10.3. The molecule has 0 aliphatic carbocycles. The number of aromatic nitrogens is 3. The van der Waals surface area contributed by atoms with Gasteiger partial charge in [-0.2, -0.15) is 0 Å². The minimum absolute atomic E-state index is 0.107. The second-order valence-electron chi connectivity index (χ2n) is 4.76. The lowest BCUT2D eigenvalue weighted by molar-refractivity contribution is 0.103. The molecule has 1 aromatic heterocycles. The predicted octanol–water partition coefficient (Wildman–Crippen LogP) is 1.72. The minimum atomic E-state index is -0.107. The zero-order chi connectivity index (χ0) is 14.8. The van der Waals surface area contributed by atoms with Crippen molar-refractivity contribution in [2.75, 3.05) is 26.6 Å². The summed E-state index contributed by atoms with van der Waals surface area (Å²) < 4.78 is 18.3. The van der Waals surface area contributed by atoms with Crippen LogP contribution in [0.25, 0.3) is 5.69 Å². The van der Waals surface area contributed by atoms with Gasteiger partial charge in [0, 0.05) is 6.61 Å². The monoisotopic (exact) mass is 290 g/mol. The van der Waals surface area contributed by atoms with E-state index in [0.717, 1.165) is 19.4 Å². The number of anilines is 1. The number of methoxy groups -OCH3 is 2. The van der Waals surface area contributed by atoms with Gasteiger partial charge in [0.1, 0.15) is 23.3 Å². The summed E-state index contributed by atoms with van der Waals surface area (Å²) in [4.78, 5) is 0. The average Bonchev–Trinajstić information content (AvgIpc) is 3.15. The van der Waals surface area contributed by atoms with Crippen molar-refractivity contribution in [2.24, 2.45) is 0 Å². The summed E-state index contributed by atoms with van der Waals surface area (Å²) in [6.45, 7) is 0.723. The molecule has 0 radical (unpaired) electrons. The molecular formula is C14H18N4O3. The molecule has 1 aliphatic heterocycles. The van der Waals surface area contributed by atoms with Crippen LogP contribution in [-0.2, 0) is 4.74 Å². The molecule has 2 aromatic rings. The summed E-state index contributed by atoms with van der Waals surface area (Å²) >= 11 is 0. The molecule has 2 heterocycles. The van der Waals surface area contributed by atoms with Crippen molar-refractivity contribution in [1.82, 2.24) is 14.8 Å². The van der Waals surface area contributed by atoms with Gasteiger partial charge in [0.25, 0.3) is 0 Å². The molecule has 0 spiro atoms. The molecule has 1 fully saturated rings.